The highest BCUT2D eigenvalue weighted by Gasteiger charge is 2.18. The zero-order valence-corrected chi connectivity index (χ0v) is 15.1. The first-order chi connectivity index (χ1) is 11.6. The van der Waals surface area contributed by atoms with Crippen LogP contribution in [0.5, 0.6) is 17.2 Å². The molecule has 0 fully saturated rings. The molecule has 0 saturated heterocycles. The third-order valence-electron chi connectivity index (χ3n) is 3.20. The van der Waals surface area contributed by atoms with E-state index < -0.39 is 6.04 Å². The number of hydrogen-bond acceptors (Lipinski definition) is 5. The quantitative estimate of drug-likeness (QED) is 0.284. The topological polar surface area (TPSA) is 67.8 Å². The second-order valence-electron chi connectivity index (χ2n) is 5.02. The number of esters is 1. The van der Waals surface area contributed by atoms with E-state index in [0.717, 1.165) is 5.56 Å². The van der Waals surface area contributed by atoms with E-state index in [1.165, 1.54) is 6.08 Å². The van der Waals surface area contributed by atoms with Crippen LogP contribution >= 0.6 is 22.9 Å². The van der Waals surface area contributed by atoms with Gasteiger partial charge in [0.05, 0.1) is 0 Å². The van der Waals surface area contributed by atoms with Crippen LogP contribution in [0.25, 0.3) is 0 Å². The van der Waals surface area contributed by atoms with E-state index in [9.17, 15) is 9.90 Å². The molecular formula is C18H18INO4. The minimum absolute atomic E-state index is 0.193. The first kappa shape index (κ1) is 18.3. The second-order valence-corrected chi connectivity index (χ2v) is 5.65. The summed E-state index contributed by atoms with van der Waals surface area (Å²) < 4.78 is 13.7. The lowest BCUT2D eigenvalue weighted by atomic mass is 10.1. The molecule has 0 spiro atoms. The van der Waals surface area contributed by atoms with Crippen molar-refractivity contribution in [3.05, 3.63) is 66.7 Å². The van der Waals surface area contributed by atoms with E-state index in [4.69, 9.17) is 9.47 Å². The van der Waals surface area contributed by atoms with Crippen molar-refractivity contribution in [2.45, 2.75) is 12.5 Å². The summed E-state index contributed by atoms with van der Waals surface area (Å²) in [5.41, 5.74) is 0.984. The van der Waals surface area contributed by atoms with Gasteiger partial charge in [-0.3, -0.25) is 4.79 Å². The Hall–Kier alpha value is -2.06. The SMILES string of the molecule is C=CCOC(=O)[C@H](Cc1ccc(Oc2ccc(O)cc2)cc1)NI. The summed E-state index contributed by atoms with van der Waals surface area (Å²) in [5, 5.41) is 9.26. The lowest BCUT2D eigenvalue weighted by Crippen LogP contribution is -2.34. The molecule has 2 N–H and O–H groups in total. The first-order valence-electron chi connectivity index (χ1n) is 7.32. The fourth-order valence-corrected chi connectivity index (χ4v) is 2.46. The van der Waals surface area contributed by atoms with Gasteiger partial charge < -0.3 is 14.6 Å². The van der Waals surface area contributed by atoms with Crippen LogP contribution in [-0.2, 0) is 16.0 Å². The number of aromatic hydroxyl groups is 1. The van der Waals surface area contributed by atoms with Gasteiger partial charge in [-0.15, -0.1) is 0 Å². The van der Waals surface area contributed by atoms with Crippen LogP contribution in [-0.4, -0.2) is 23.7 Å². The fraction of sp³-hybridized carbons (Fsp3) is 0.167. The summed E-state index contributed by atoms with van der Waals surface area (Å²) in [5.74, 6) is 1.20. The monoisotopic (exact) mass is 439 g/mol. The van der Waals surface area contributed by atoms with Gasteiger partial charge in [-0.1, -0.05) is 24.8 Å². The zero-order valence-electron chi connectivity index (χ0n) is 12.9. The van der Waals surface area contributed by atoms with Gasteiger partial charge in [-0.05, 0) is 48.4 Å². The van der Waals surface area contributed by atoms with Crippen LogP contribution in [0.3, 0.4) is 0 Å². The molecule has 0 heterocycles. The molecule has 2 rings (SSSR count). The van der Waals surface area contributed by atoms with Gasteiger partial charge in [0.15, 0.2) is 0 Å². The molecule has 2 aromatic rings. The normalized spacial score (nSPS) is 11.5. The molecule has 0 saturated carbocycles. The van der Waals surface area contributed by atoms with Gasteiger partial charge >= 0.3 is 5.97 Å². The molecule has 0 aliphatic heterocycles. The Kier molecular flexibility index (Phi) is 7.07. The average molecular weight is 439 g/mol. The molecule has 2 aromatic carbocycles. The number of rotatable bonds is 8. The molecular weight excluding hydrogens is 421 g/mol. The van der Waals surface area contributed by atoms with E-state index in [1.54, 1.807) is 24.3 Å². The summed E-state index contributed by atoms with van der Waals surface area (Å²) in [4.78, 5) is 11.9. The van der Waals surface area contributed by atoms with Gasteiger partial charge in [-0.2, -0.15) is 0 Å². The number of carbonyl (C=O) groups excluding carboxylic acids is 1. The van der Waals surface area contributed by atoms with Gasteiger partial charge in [0.1, 0.15) is 29.9 Å². The number of phenols is 1. The highest BCUT2D eigenvalue weighted by atomic mass is 127. The molecule has 0 aliphatic rings. The fourth-order valence-electron chi connectivity index (χ4n) is 1.99. The molecule has 0 bridgehead atoms. The third kappa shape index (κ3) is 5.54. The van der Waals surface area contributed by atoms with Crippen LogP contribution in [0.2, 0.25) is 0 Å². The van der Waals surface area contributed by atoms with Crippen LogP contribution in [0.4, 0.5) is 0 Å². The molecule has 5 nitrogen and oxygen atoms in total. The van der Waals surface area contributed by atoms with E-state index in [1.807, 2.05) is 47.1 Å². The summed E-state index contributed by atoms with van der Waals surface area (Å²) in [6.07, 6.45) is 2.05. The van der Waals surface area contributed by atoms with E-state index in [-0.39, 0.29) is 18.3 Å². The molecule has 0 aliphatic carbocycles. The average Bonchev–Trinajstić information content (AvgIpc) is 2.61. The predicted octanol–water partition coefficient (Wildman–Crippen LogP) is 3.76. The van der Waals surface area contributed by atoms with Crippen molar-refractivity contribution >= 4 is 28.8 Å². The number of carbonyl (C=O) groups is 1. The van der Waals surface area contributed by atoms with E-state index in [2.05, 4.69) is 10.1 Å². The summed E-state index contributed by atoms with van der Waals surface area (Å²) in [6, 6.07) is 13.6. The zero-order chi connectivity index (χ0) is 17.4. The van der Waals surface area contributed by atoms with Gasteiger partial charge in [-0.25, -0.2) is 3.53 Å². The Labute approximate surface area is 154 Å². The number of halogens is 1. The molecule has 126 valence electrons. The van der Waals surface area contributed by atoms with Crippen molar-refractivity contribution < 1.29 is 19.4 Å². The summed E-state index contributed by atoms with van der Waals surface area (Å²) in [7, 11) is 0. The van der Waals surface area contributed by atoms with Crippen LogP contribution in [0.15, 0.2) is 61.2 Å². The standard InChI is InChI=1S/C18H18INO4/c1-2-11-23-18(22)17(20-19)12-13-3-7-15(8-4-13)24-16-9-5-14(21)6-10-16/h2-10,17,20-21H,1,11-12H2/t17-/m0/s1. The van der Waals surface area contributed by atoms with Crippen molar-refractivity contribution in [2.75, 3.05) is 6.61 Å². The number of benzene rings is 2. The molecule has 0 aromatic heterocycles. The predicted molar refractivity (Wildman–Crippen MR) is 100 cm³/mol. The van der Waals surface area contributed by atoms with Gasteiger partial charge in [0.2, 0.25) is 0 Å². The maximum Gasteiger partial charge on any atom is 0.324 e. The minimum Gasteiger partial charge on any atom is -0.508 e. The highest BCUT2D eigenvalue weighted by molar-refractivity contribution is 14.1. The van der Waals surface area contributed by atoms with E-state index >= 15 is 0 Å². The molecule has 0 amide bonds. The van der Waals surface area contributed by atoms with Crippen molar-refractivity contribution in [1.29, 1.82) is 0 Å². The van der Waals surface area contributed by atoms with E-state index in [0.29, 0.717) is 17.9 Å². The third-order valence-corrected chi connectivity index (χ3v) is 3.95. The Morgan fingerprint density at radius 2 is 1.75 bits per heavy atom. The van der Waals surface area contributed by atoms with Crippen molar-refractivity contribution in [3.8, 4) is 17.2 Å². The number of nitrogens with one attached hydrogen (secondary N) is 1. The molecule has 6 heteroatoms. The van der Waals surface area contributed by atoms with Crippen molar-refractivity contribution in [3.63, 3.8) is 0 Å². The molecule has 0 unspecified atom stereocenters. The Morgan fingerprint density at radius 1 is 1.17 bits per heavy atom. The number of ether oxygens (including phenoxy) is 2. The summed E-state index contributed by atoms with van der Waals surface area (Å²) >= 11 is 1.95. The summed E-state index contributed by atoms with van der Waals surface area (Å²) in [6.45, 7) is 3.72. The first-order valence-corrected chi connectivity index (χ1v) is 8.39. The minimum atomic E-state index is -0.422. The Balaban J connectivity index is 1.96. The highest BCUT2D eigenvalue weighted by Crippen LogP contribution is 2.23. The molecule has 0 radical (unpaired) electrons. The lowest BCUT2D eigenvalue weighted by Gasteiger charge is -2.14. The lowest BCUT2D eigenvalue weighted by molar-refractivity contribution is -0.144. The second kappa shape index (κ2) is 9.29. The number of phenolic OH excluding ortho intramolecular Hbond substituents is 1. The van der Waals surface area contributed by atoms with Crippen molar-refractivity contribution in [1.82, 2.24) is 3.53 Å². The molecule has 24 heavy (non-hydrogen) atoms. The van der Waals surface area contributed by atoms with Crippen molar-refractivity contribution in [2.24, 2.45) is 0 Å². The largest absolute Gasteiger partial charge is 0.508 e. The van der Waals surface area contributed by atoms with Crippen LogP contribution < -0.4 is 8.27 Å². The Morgan fingerprint density at radius 3 is 2.29 bits per heavy atom. The Bertz CT molecular complexity index is 670. The maximum atomic E-state index is 11.9. The molecule has 1 atom stereocenters. The van der Waals surface area contributed by atoms with Crippen LogP contribution in [0.1, 0.15) is 5.56 Å². The van der Waals surface area contributed by atoms with Crippen LogP contribution in [0, 0.1) is 0 Å². The van der Waals surface area contributed by atoms with Gasteiger partial charge in [0.25, 0.3) is 0 Å². The number of hydrogen-bond donors (Lipinski definition) is 2. The van der Waals surface area contributed by atoms with Gasteiger partial charge in [0, 0.05) is 22.9 Å². The smallest absolute Gasteiger partial charge is 0.324 e. The maximum absolute atomic E-state index is 11.9.